The van der Waals surface area contributed by atoms with Gasteiger partial charge in [0.15, 0.2) is 0 Å². The fourth-order valence-corrected chi connectivity index (χ4v) is 9.25. The molecule has 5 rings (SSSR count). The molecule has 0 heterocycles. The lowest BCUT2D eigenvalue weighted by Crippen LogP contribution is -3.00. The van der Waals surface area contributed by atoms with E-state index in [4.69, 9.17) is 0 Å². The Morgan fingerprint density at radius 1 is 0.500 bits per heavy atom. The summed E-state index contributed by atoms with van der Waals surface area (Å²) in [4.78, 5) is 2.39. The number of para-hydroxylation sites is 1. The molecule has 180 valence electrons. The van der Waals surface area contributed by atoms with Crippen LogP contribution in [0.1, 0.15) is 11.1 Å². The third-order valence-corrected chi connectivity index (χ3v) is 11.0. The molecule has 0 aliphatic rings. The normalized spacial score (nSPS) is 10.9. The molecule has 0 bridgehead atoms. The minimum absolute atomic E-state index is 0. The van der Waals surface area contributed by atoms with Gasteiger partial charge in [0.05, 0.1) is 0 Å². The van der Waals surface area contributed by atoms with E-state index in [1.165, 1.54) is 32.7 Å². The second-order valence-electron chi connectivity index (χ2n) is 8.94. The van der Waals surface area contributed by atoms with Crippen LogP contribution in [0.2, 0.25) is 0 Å². The Kier molecular flexibility index (Phi) is 8.75. The summed E-state index contributed by atoms with van der Waals surface area (Å²) in [5.74, 6) is 0. The van der Waals surface area contributed by atoms with Gasteiger partial charge in [-0.2, -0.15) is 0 Å². The number of rotatable bonds is 8. The van der Waals surface area contributed by atoms with E-state index in [2.05, 4.69) is 158 Å². The van der Waals surface area contributed by atoms with Crippen molar-refractivity contribution < 1.29 is 17.0 Å². The standard InChI is InChI=1S/C33H31NP.BrH/c1-34(26-28-16-6-2-7-17-28)33-25-15-14-18-29(33)27-35(30-19-8-3-9-20-30,31-21-10-4-11-22-31)32-23-12-5-13-24-32;/h2-25H,26-27H2,1H3;1H/q+1;/p-1. The smallest absolute Gasteiger partial charge is 0.116 e. The minimum Gasteiger partial charge on any atom is -1.00 e. The fourth-order valence-electron chi connectivity index (χ4n) is 4.98. The van der Waals surface area contributed by atoms with Gasteiger partial charge in [0.2, 0.25) is 0 Å². The summed E-state index contributed by atoms with van der Waals surface area (Å²) in [7, 11) is 0.257. The molecule has 36 heavy (non-hydrogen) atoms. The Hall–Kier alpha value is -3.19. The van der Waals surface area contributed by atoms with Crippen molar-refractivity contribution in [2.75, 3.05) is 11.9 Å². The lowest BCUT2D eigenvalue weighted by Gasteiger charge is -2.30. The van der Waals surface area contributed by atoms with E-state index < -0.39 is 7.26 Å². The summed E-state index contributed by atoms with van der Waals surface area (Å²) in [5.41, 5.74) is 4.00. The second-order valence-corrected chi connectivity index (χ2v) is 12.4. The zero-order valence-corrected chi connectivity index (χ0v) is 23.0. The Labute approximate surface area is 226 Å². The van der Waals surface area contributed by atoms with Gasteiger partial charge in [0.25, 0.3) is 0 Å². The number of benzene rings is 5. The summed E-state index contributed by atoms with van der Waals surface area (Å²) in [6.45, 7) is 0.880. The Morgan fingerprint density at radius 2 is 0.889 bits per heavy atom. The van der Waals surface area contributed by atoms with Crippen molar-refractivity contribution in [3.05, 3.63) is 157 Å². The predicted octanol–water partition coefficient (Wildman–Crippen LogP) is 3.82. The van der Waals surface area contributed by atoms with Gasteiger partial charge < -0.3 is 21.9 Å². The summed E-state index contributed by atoms with van der Waals surface area (Å²) in [5, 5.41) is 4.24. The molecule has 0 fully saturated rings. The van der Waals surface area contributed by atoms with Crippen LogP contribution in [0.15, 0.2) is 146 Å². The van der Waals surface area contributed by atoms with Crippen molar-refractivity contribution >= 4 is 28.9 Å². The number of hydrogen-bond acceptors (Lipinski definition) is 1. The topological polar surface area (TPSA) is 3.24 Å². The first-order valence-electron chi connectivity index (χ1n) is 12.2. The zero-order valence-electron chi connectivity index (χ0n) is 20.5. The second kappa shape index (κ2) is 12.2. The molecule has 5 aromatic rings. The SMILES string of the molecule is CN(Cc1ccccc1)c1ccccc1C[P+](c1ccccc1)(c1ccccc1)c1ccccc1.[Br-]. The van der Waals surface area contributed by atoms with Gasteiger partial charge in [-0.3, -0.25) is 0 Å². The van der Waals surface area contributed by atoms with Gasteiger partial charge in [-0.25, -0.2) is 0 Å². The lowest BCUT2D eigenvalue weighted by molar-refractivity contribution is -0.00000684. The molecule has 3 heteroatoms. The number of anilines is 1. The first-order valence-corrected chi connectivity index (χ1v) is 14.1. The van der Waals surface area contributed by atoms with Gasteiger partial charge in [-0.1, -0.05) is 103 Å². The third kappa shape index (κ3) is 5.46. The van der Waals surface area contributed by atoms with Crippen molar-refractivity contribution in [3.8, 4) is 0 Å². The molecule has 0 unspecified atom stereocenters. The van der Waals surface area contributed by atoms with Crippen molar-refractivity contribution in [3.63, 3.8) is 0 Å². The van der Waals surface area contributed by atoms with E-state index in [9.17, 15) is 0 Å². The summed E-state index contributed by atoms with van der Waals surface area (Å²) < 4.78 is 0. The largest absolute Gasteiger partial charge is 1.00 e. The maximum absolute atomic E-state index is 2.39. The summed E-state index contributed by atoms with van der Waals surface area (Å²) in [6.07, 6.45) is 0.973. The van der Waals surface area contributed by atoms with Crippen LogP contribution in [0.4, 0.5) is 5.69 Å². The number of halogens is 1. The zero-order chi connectivity index (χ0) is 23.9. The first kappa shape index (κ1) is 25.9. The highest BCUT2D eigenvalue weighted by molar-refractivity contribution is 7.95. The highest BCUT2D eigenvalue weighted by atomic mass is 79.9. The highest BCUT2D eigenvalue weighted by Gasteiger charge is 2.45. The molecule has 0 aliphatic heterocycles. The van der Waals surface area contributed by atoms with Crippen molar-refractivity contribution in [1.29, 1.82) is 0 Å². The van der Waals surface area contributed by atoms with E-state index in [1.54, 1.807) is 0 Å². The maximum Gasteiger partial charge on any atom is 0.116 e. The van der Waals surface area contributed by atoms with E-state index in [-0.39, 0.29) is 17.0 Å². The molecule has 0 saturated heterocycles. The van der Waals surface area contributed by atoms with Crippen LogP contribution in [0.3, 0.4) is 0 Å². The van der Waals surface area contributed by atoms with Crippen LogP contribution in [0, 0.1) is 0 Å². The quantitative estimate of drug-likeness (QED) is 0.265. The Balaban J connectivity index is 0.00000304. The predicted molar refractivity (Wildman–Crippen MR) is 154 cm³/mol. The van der Waals surface area contributed by atoms with Crippen LogP contribution < -0.4 is 37.8 Å². The summed E-state index contributed by atoms with van der Waals surface area (Å²) in [6, 6.07) is 53.1. The Morgan fingerprint density at radius 3 is 1.36 bits per heavy atom. The highest BCUT2D eigenvalue weighted by Crippen LogP contribution is 2.58. The molecule has 0 saturated carbocycles. The first-order chi connectivity index (χ1) is 17.3. The molecule has 0 amide bonds. The molecular weight excluding hydrogens is 521 g/mol. The van der Waals surface area contributed by atoms with Crippen molar-refractivity contribution in [1.82, 2.24) is 0 Å². The average Bonchev–Trinajstić information content (AvgIpc) is 2.94. The van der Waals surface area contributed by atoms with E-state index >= 15 is 0 Å². The van der Waals surface area contributed by atoms with Crippen LogP contribution in [-0.4, -0.2) is 7.05 Å². The van der Waals surface area contributed by atoms with Crippen molar-refractivity contribution in [2.45, 2.75) is 12.7 Å². The molecule has 1 nitrogen and oxygen atoms in total. The van der Waals surface area contributed by atoms with Gasteiger partial charge in [0.1, 0.15) is 29.3 Å². The maximum atomic E-state index is 2.39. The van der Waals surface area contributed by atoms with Gasteiger partial charge in [-0.05, 0) is 48.0 Å². The van der Waals surface area contributed by atoms with E-state index in [0.717, 1.165) is 12.7 Å². The Bertz CT molecular complexity index is 1250. The van der Waals surface area contributed by atoms with Crippen LogP contribution in [0.25, 0.3) is 0 Å². The molecule has 0 atom stereocenters. The third-order valence-electron chi connectivity index (χ3n) is 6.66. The van der Waals surface area contributed by atoms with Crippen LogP contribution in [-0.2, 0) is 12.7 Å². The fraction of sp³-hybridized carbons (Fsp3) is 0.0909. The monoisotopic (exact) mass is 551 g/mol. The molecule has 0 spiro atoms. The van der Waals surface area contributed by atoms with E-state index in [0.29, 0.717) is 0 Å². The minimum atomic E-state index is -1.95. The van der Waals surface area contributed by atoms with Crippen LogP contribution >= 0.6 is 7.26 Å². The van der Waals surface area contributed by atoms with Gasteiger partial charge in [-0.15, -0.1) is 0 Å². The molecule has 0 aromatic heterocycles. The van der Waals surface area contributed by atoms with E-state index in [1.807, 2.05) is 0 Å². The van der Waals surface area contributed by atoms with Crippen LogP contribution in [0.5, 0.6) is 0 Å². The molecule has 5 aromatic carbocycles. The molecule has 0 N–H and O–H groups in total. The average molecular weight is 552 g/mol. The molecule has 0 aliphatic carbocycles. The lowest BCUT2D eigenvalue weighted by atomic mass is 10.1. The molecule has 0 radical (unpaired) electrons. The number of nitrogens with zero attached hydrogens (tertiary/aromatic N) is 1. The summed E-state index contributed by atoms with van der Waals surface area (Å²) >= 11 is 0. The number of hydrogen-bond donors (Lipinski definition) is 0. The molecular formula is C33H31BrNP. The van der Waals surface area contributed by atoms with Gasteiger partial charge in [0, 0.05) is 24.8 Å². The van der Waals surface area contributed by atoms with Crippen molar-refractivity contribution in [2.24, 2.45) is 0 Å². The van der Waals surface area contributed by atoms with Gasteiger partial charge >= 0.3 is 0 Å².